The first-order valence-corrected chi connectivity index (χ1v) is 13.7. The van der Waals surface area contributed by atoms with Crippen molar-refractivity contribution in [2.24, 2.45) is 0 Å². The second-order valence-corrected chi connectivity index (χ2v) is 10.8. The Bertz CT molecular complexity index is 1290. The van der Waals surface area contributed by atoms with E-state index >= 15 is 0 Å². The molecule has 0 bridgehead atoms. The number of aromatic hydroxyl groups is 1. The molecular weight excluding hydrogens is 492 g/mol. The summed E-state index contributed by atoms with van der Waals surface area (Å²) in [7, 11) is -2.26. The third-order valence-electron chi connectivity index (χ3n) is 6.86. The number of phenolic OH excluding ortho intramolecular Hbond substituents is 1. The Morgan fingerprint density at radius 2 is 1.78 bits per heavy atom. The van der Waals surface area contributed by atoms with E-state index in [2.05, 4.69) is 19.7 Å². The number of carbonyl (C=O) groups excluding carboxylic acids is 1. The summed E-state index contributed by atoms with van der Waals surface area (Å²) in [5.41, 5.74) is 1.43. The number of benzene rings is 2. The molecule has 0 spiro atoms. The number of hydrogen-bond acceptors (Lipinski definition) is 6. The van der Waals surface area contributed by atoms with Gasteiger partial charge < -0.3 is 15.2 Å². The molecule has 1 saturated carbocycles. The van der Waals surface area contributed by atoms with Crippen LogP contribution in [0.25, 0.3) is 0 Å². The molecule has 9 nitrogen and oxygen atoms in total. The van der Waals surface area contributed by atoms with Gasteiger partial charge in [0.1, 0.15) is 17.1 Å². The zero-order valence-electron chi connectivity index (χ0n) is 20.7. The summed E-state index contributed by atoms with van der Waals surface area (Å²) < 4.78 is 35.8. The van der Waals surface area contributed by atoms with Gasteiger partial charge in [0.05, 0.1) is 19.3 Å². The van der Waals surface area contributed by atoms with Crippen molar-refractivity contribution in [2.45, 2.75) is 43.7 Å². The van der Waals surface area contributed by atoms with E-state index in [9.17, 15) is 18.3 Å². The second kappa shape index (κ2) is 11.7. The third kappa shape index (κ3) is 6.65. The molecular formula is C27H32N4O5S. The van der Waals surface area contributed by atoms with Crippen LogP contribution in [0, 0.1) is 0 Å². The van der Waals surface area contributed by atoms with Crippen LogP contribution in [0.4, 0.5) is 0 Å². The van der Waals surface area contributed by atoms with Crippen LogP contribution in [0.2, 0.25) is 0 Å². The molecule has 1 amide bonds. The molecule has 4 N–H and O–H groups in total. The predicted octanol–water partition coefficient (Wildman–Crippen LogP) is 3.03. The molecule has 37 heavy (non-hydrogen) atoms. The Kier molecular flexibility index (Phi) is 8.42. The van der Waals surface area contributed by atoms with Gasteiger partial charge in [-0.1, -0.05) is 42.5 Å². The number of amides is 1. The molecule has 1 aromatic heterocycles. The van der Waals surface area contributed by atoms with Crippen molar-refractivity contribution in [1.82, 2.24) is 19.7 Å². The summed E-state index contributed by atoms with van der Waals surface area (Å²) in [4.78, 5) is 17.2. The number of nitrogens with one attached hydrogen (secondary N) is 3. The fourth-order valence-electron chi connectivity index (χ4n) is 4.84. The van der Waals surface area contributed by atoms with Crippen LogP contribution >= 0.6 is 0 Å². The van der Waals surface area contributed by atoms with Crippen LogP contribution in [0.15, 0.2) is 72.9 Å². The highest BCUT2D eigenvalue weighted by atomic mass is 32.2. The van der Waals surface area contributed by atoms with Gasteiger partial charge in [0.25, 0.3) is 16.1 Å². The standard InChI is InChI=1S/C27H32N4O5S/c1-36-24-12-7-11-23(32)25(24)26(33)29-19-27(20-8-3-2-4-9-20)15-13-21(14-16-27)31-37(34,35)30-18-22-10-5-6-17-28-22/h2-12,17,21,30-32H,13-16,18-19H2,1H3,(H,29,33)/t21-,27+. The van der Waals surface area contributed by atoms with Crippen molar-refractivity contribution >= 4 is 16.1 Å². The van der Waals surface area contributed by atoms with Crippen molar-refractivity contribution < 1.29 is 23.1 Å². The van der Waals surface area contributed by atoms with E-state index in [-0.39, 0.29) is 29.3 Å². The summed E-state index contributed by atoms with van der Waals surface area (Å²) in [6.07, 6.45) is 4.17. The van der Waals surface area contributed by atoms with Crippen LogP contribution in [0.5, 0.6) is 11.5 Å². The number of ether oxygens (including phenoxy) is 1. The zero-order valence-corrected chi connectivity index (χ0v) is 21.5. The molecule has 0 aliphatic heterocycles. The summed E-state index contributed by atoms with van der Waals surface area (Å²) in [6.45, 7) is 0.448. The molecule has 4 rings (SSSR count). The lowest BCUT2D eigenvalue weighted by molar-refractivity contribution is 0.0929. The first-order chi connectivity index (χ1) is 17.8. The predicted molar refractivity (Wildman–Crippen MR) is 141 cm³/mol. The quantitative estimate of drug-likeness (QED) is 0.323. The largest absolute Gasteiger partial charge is 0.507 e. The summed E-state index contributed by atoms with van der Waals surface area (Å²) >= 11 is 0. The van der Waals surface area contributed by atoms with E-state index in [4.69, 9.17) is 4.74 Å². The van der Waals surface area contributed by atoms with Crippen molar-refractivity contribution in [3.05, 3.63) is 89.7 Å². The maximum atomic E-state index is 13.0. The highest BCUT2D eigenvalue weighted by Gasteiger charge is 2.38. The van der Waals surface area contributed by atoms with E-state index in [0.29, 0.717) is 43.7 Å². The fraction of sp³-hybridized carbons (Fsp3) is 0.333. The van der Waals surface area contributed by atoms with Gasteiger partial charge in [0.15, 0.2) is 0 Å². The molecule has 1 aliphatic carbocycles. The van der Waals surface area contributed by atoms with Gasteiger partial charge in [-0.15, -0.1) is 0 Å². The summed E-state index contributed by atoms with van der Waals surface area (Å²) in [6, 6.07) is 19.7. The lowest BCUT2D eigenvalue weighted by Crippen LogP contribution is -2.49. The van der Waals surface area contributed by atoms with Gasteiger partial charge in [-0.05, 0) is 55.5 Å². The molecule has 0 radical (unpaired) electrons. The lowest BCUT2D eigenvalue weighted by Gasteiger charge is -2.41. The van der Waals surface area contributed by atoms with E-state index in [1.807, 2.05) is 36.4 Å². The molecule has 0 unspecified atom stereocenters. The fourth-order valence-corrected chi connectivity index (χ4v) is 5.93. The Balaban J connectivity index is 1.43. The summed E-state index contributed by atoms with van der Waals surface area (Å²) in [5, 5.41) is 13.2. The molecule has 10 heteroatoms. The Morgan fingerprint density at radius 3 is 2.46 bits per heavy atom. The number of phenols is 1. The maximum Gasteiger partial charge on any atom is 0.277 e. The van der Waals surface area contributed by atoms with Crippen LogP contribution in [-0.2, 0) is 22.2 Å². The van der Waals surface area contributed by atoms with Gasteiger partial charge in [-0.2, -0.15) is 17.9 Å². The van der Waals surface area contributed by atoms with Gasteiger partial charge in [-0.25, -0.2) is 0 Å². The molecule has 1 heterocycles. The Labute approximate surface area is 217 Å². The number of carbonyl (C=O) groups is 1. The van der Waals surface area contributed by atoms with Crippen molar-refractivity contribution in [2.75, 3.05) is 13.7 Å². The lowest BCUT2D eigenvalue weighted by atomic mass is 9.68. The number of methoxy groups -OCH3 is 1. The van der Waals surface area contributed by atoms with Crippen LogP contribution in [0.3, 0.4) is 0 Å². The number of rotatable bonds is 10. The van der Waals surface area contributed by atoms with E-state index in [0.717, 1.165) is 5.56 Å². The average molecular weight is 525 g/mol. The van der Waals surface area contributed by atoms with Gasteiger partial charge in [0.2, 0.25) is 0 Å². The van der Waals surface area contributed by atoms with E-state index in [1.54, 1.807) is 30.5 Å². The molecule has 0 atom stereocenters. The normalized spacial score (nSPS) is 19.8. The van der Waals surface area contributed by atoms with E-state index < -0.39 is 16.1 Å². The smallest absolute Gasteiger partial charge is 0.277 e. The number of aromatic nitrogens is 1. The van der Waals surface area contributed by atoms with E-state index in [1.165, 1.54) is 13.2 Å². The Hall–Kier alpha value is -3.47. The van der Waals surface area contributed by atoms with Gasteiger partial charge in [-0.3, -0.25) is 9.78 Å². The van der Waals surface area contributed by atoms with Crippen LogP contribution < -0.4 is 19.5 Å². The Morgan fingerprint density at radius 1 is 1.05 bits per heavy atom. The first kappa shape index (κ1) is 26.6. The SMILES string of the molecule is COc1cccc(O)c1C(=O)NC[C@]1(c2ccccc2)CC[C@@H](NS(=O)(=O)NCc2ccccn2)CC1. The third-order valence-corrected chi connectivity index (χ3v) is 8.03. The first-order valence-electron chi connectivity index (χ1n) is 12.2. The zero-order chi connectivity index (χ0) is 26.3. The molecule has 1 fully saturated rings. The van der Waals surface area contributed by atoms with Crippen LogP contribution in [-0.4, -0.2) is 44.1 Å². The highest BCUT2D eigenvalue weighted by Crippen LogP contribution is 2.39. The van der Waals surface area contributed by atoms with Crippen molar-refractivity contribution in [3.63, 3.8) is 0 Å². The molecule has 2 aromatic carbocycles. The van der Waals surface area contributed by atoms with Gasteiger partial charge >= 0.3 is 0 Å². The van der Waals surface area contributed by atoms with Gasteiger partial charge in [0, 0.05) is 24.2 Å². The average Bonchev–Trinajstić information content (AvgIpc) is 2.92. The minimum absolute atomic E-state index is 0.0913. The topological polar surface area (TPSA) is 130 Å². The van der Waals surface area contributed by atoms with Crippen molar-refractivity contribution in [3.8, 4) is 11.5 Å². The molecule has 196 valence electrons. The van der Waals surface area contributed by atoms with Crippen LogP contribution in [0.1, 0.15) is 47.3 Å². The number of nitrogens with zero attached hydrogens (tertiary/aromatic N) is 1. The second-order valence-electron chi connectivity index (χ2n) is 9.22. The molecule has 0 saturated heterocycles. The highest BCUT2D eigenvalue weighted by molar-refractivity contribution is 7.87. The number of pyridine rings is 1. The molecule has 1 aliphatic rings. The minimum Gasteiger partial charge on any atom is -0.507 e. The number of hydrogen-bond donors (Lipinski definition) is 4. The maximum absolute atomic E-state index is 13.0. The summed E-state index contributed by atoms with van der Waals surface area (Å²) in [5.74, 6) is -0.281. The minimum atomic E-state index is -3.71. The monoisotopic (exact) mass is 524 g/mol. The van der Waals surface area contributed by atoms with Crippen molar-refractivity contribution in [1.29, 1.82) is 0 Å². The molecule has 3 aromatic rings.